The molecule has 2 aromatic heterocycles. The molecule has 0 N–H and O–H groups in total. The van der Waals surface area contributed by atoms with Gasteiger partial charge in [0.25, 0.3) is 0 Å². The van der Waals surface area contributed by atoms with Crippen LogP contribution in [0.5, 0.6) is 0 Å². The van der Waals surface area contributed by atoms with Gasteiger partial charge in [0.1, 0.15) is 5.82 Å². The molecule has 152 valence electrons. The third-order valence-corrected chi connectivity index (χ3v) is 6.32. The lowest BCUT2D eigenvalue weighted by atomic mass is 10.2. The monoisotopic (exact) mass is 437 g/mol. The van der Waals surface area contributed by atoms with Crippen molar-refractivity contribution in [3.05, 3.63) is 76.9 Å². The molecular formula is C22H20ClN5OS. The maximum Gasteiger partial charge on any atom is 0.247 e. The molecule has 8 heteroatoms. The molecule has 0 amide bonds. The average Bonchev–Trinajstić information content (AvgIpc) is 3.34. The second-order valence-electron chi connectivity index (χ2n) is 7.40. The van der Waals surface area contributed by atoms with Crippen molar-refractivity contribution in [2.75, 3.05) is 0 Å². The summed E-state index contributed by atoms with van der Waals surface area (Å²) in [6.45, 7) is 2.80. The van der Waals surface area contributed by atoms with E-state index >= 15 is 0 Å². The Morgan fingerprint density at radius 3 is 2.67 bits per heavy atom. The van der Waals surface area contributed by atoms with Gasteiger partial charge in [-0.2, -0.15) is 0 Å². The number of halogens is 1. The van der Waals surface area contributed by atoms with E-state index in [0.29, 0.717) is 22.7 Å². The first kappa shape index (κ1) is 19.3. The summed E-state index contributed by atoms with van der Waals surface area (Å²) in [6, 6.07) is 17.8. The second kappa shape index (κ2) is 8.24. The van der Waals surface area contributed by atoms with Gasteiger partial charge in [0.2, 0.25) is 11.8 Å². The van der Waals surface area contributed by atoms with E-state index < -0.39 is 0 Å². The molecule has 1 aliphatic carbocycles. The summed E-state index contributed by atoms with van der Waals surface area (Å²) >= 11 is 7.66. The first-order valence-electron chi connectivity index (χ1n) is 9.90. The quantitative estimate of drug-likeness (QED) is 0.342. The molecular weight excluding hydrogens is 418 g/mol. The zero-order chi connectivity index (χ0) is 20.5. The van der Waals surface area contributed by atoms with Crippen molar-refractivity contribution in [2.45, 2.75) is 42.6 Å². The van der Waals surface area contributed by atoms with Crippen molar-refractivity contribution in [3.63, 3.8) is 0 Å². The maximum atomic E-state index is 6.08. The summed E-state index contributed by atoms with van der Waals surface area (Å²) in [7, 11) is 0. The Hall–Kier alpha value is -2.64. The summed E-state index contributed by atoms with van der Waals surface area (Å²) in [6.07, 6.45) is 2.36. The van der Waals surface area contributed by atoms with Gasteiger partial charge in [0.15, 0.2) is 5.16 Å². The van der Waals surface area contributed by atoms with E-state index in [-0.39, 0.29) is 5.25 Å². The summed E-state index contributed by atoms with van der Waals surface area (Å²) in [5, 5.41) is 18.9. The smallest absolute Gasteiger partial charge is 0.247 e. The largest absolute Gasteiger partial charge is 0.419 e. The highest BCUT2D eigenvalue weighted by atomic mass is 35.5. The van der Waals surface area contributed by atoms with Crippen LogP contribution in [0, 0.1) is 0 Å². The minimum absolute atomic E-state index is 0.0591. The lowest BCUT2D eigenvalue weighted by molar-refractivity contribution is 0.508. The summed E-state index contributed by atoms with van der Waals surface area (Å²) in [5.74, 6) is 2.60. The average molecular weight is 438 g/mol. The molecule has 30 heavy (non-hydrogen) atoms. The molecule has 6 nitrogen and oxygen atoms in total. The SMILES string of the molecule is CC(Sc1nnc(C2CC2)n1Cc1ccccc1)c1nnc(-c2cccc(Cl)c2)o1. The molecule has 0 radical (unpaired) electrons. The lowest BCUT2D eigenvalue weighted by Gasteiger charge is -2.11. The normalized spacial score (nSPS) is 14.7. The van der Waals surface area contributed by atoms with E-state index in [9.17, 15) is 0 Å². The van der Waals surface area contributed by atoms with E-state index in [1.807, 2.05) is 37.3 Å². The highest BCUT2D eigenvalue weighted by Gasteiger charge is 2.31. The topological polar surface area (TPSA) is 69.6 Å². The minimum Gasteiger partial charge on any atom is -0.419 e. The van der Waals surface area contributed by atoms with Crippen LogP contribution >= 0.6 is 23.4 Å². The predicted molar refractivity (Wildman–Crippen MR) is 117 cm³/mol. The molecule has 1 fully saturated rings. The van der Waals surface area contributed by atoms with Gasteiger partial charge in [0.05, 0.1) is 11.8 Å². The third kappa shape index (κ3) is 4.13. The molecule has 0 spiro atoms. The lowest BCUT2D eigenvalue weighted by Crippen LogP contribution is -2.06. The van der Waals surface area contributed by atoms with Crippen LogP contribution in [0.15, 0.2) is 64.2 Å². The van der Waals surface area contributed by atoms with Gasteiger partial charge in [-0.05, 0) is 43.5 Å². The van der Waals surface area contributed by atoms with Crippen molar-refractivity contribution >= 4 is 23.4 Å². The Balaban J connectivity index is 1.38. The number of benzene rings is 2. The molecule has 0 bridgehead atoms. The Bertz CT molecular complexity index is 1160. The Morgan fingerprint density at radius 1 is 1.07 bits per heavy atom. The van der Waals surface area contributed by atoms with Crippen LogP contribution in [0.25, 0.3) is 11.5 Å². The van der Waals surface area contributed by atoms with Gasteiger partial charge in [0, 0.05) is 16.5 Å². The first-order valence-corrected chi connectivity index (χ1v) is 11.2. The van der Waals surface area contributed by atoms with E-state index in [1.54, 1.807) is 11.8 Å². The molecule has 2 aromatic carbocycles. The summed E-state index contributed by atoms with van der Waals surface area (Å²) < 4.78 is 8.15. The van der Waals surface area contributed by atoms with Crippen molar-refractivity contribution in [3.8, 4) is 11.5 Å². The van der Waals surface area contributed by atoms with Gasteiger partial charge >= 0.3 is 0 Å². The van der Waals surface area contributed by atoms with E-state index in [1.165, 1.54) is 18.4 Å². The second-order valence-corrected chi connectivity index (χ2v) is 9.15. The van der Waals surface area contributed by atoms with Crippen LogP contribution < -0.4 is 0 Å². The van der Waals surface area contributed by atoms with Crippen molar-refractivity contribution in [1.82, 2.24) is 25.0 Å². The van der Waals surface area contributed by atoms with Crippen LogP contribution in [-0.2, 0) is 6.54 Å². The molecule has 4 aromatic rings. The van der Waals surface area contributed by atoms with Crippen LogP contribution in [0.1, 0.15) is 48.2 Å². The third-order valence-electron chi connectivity index (χ3n) is 5.01. The fourth-order valence-corrected chi connectivity index (χ4v) is 4.37. The van der Waals surface area contributed by atoms with Gasteiger partial charge < -0.3 is 8.98 Å². The fraction of sp³-hybridized carbons (Fsp3) is 0.273. The highest BCUT2D eigenvalue weighted by Crippen LogP contribution is 2.42. The summed E-state index contributed by atoms with van der Waals surface area (Å²) in [5.41, 5.74) is 2.04. The number of aromatic nitrogens is 5. The highest BCUT2D eigenvalue weighted by molar-refractivity contribution is 7.99. The van der Waals surface area contributed by atoms with Crippen LogP contribution in [0.2, 0.25) is 5.02 Å². The predicted octanol–water partition coefficient (Wildman–Crippen LogP) is 5.76. The molecule has 2 heterocycles. The molecule has 1 saturated carbocycles. The number of hydrogen-bond acceptors (Lipinski definition) is 6. The Labute approximate surface area is 183 Å². The Kier molecular flexibility index (Phi) is 5.31. The van der Waals surface area contributed by atoms with Gasteiger partial charge in [-0.25, -0.2) is 0 Å². The minimum atomic E-state index is -0.0591. The molecule has 0 saturated heterocycles. The van der Waals surface area contributed by atoms with Crippen molar-refractivity contribution in [1.29, 1.82) is 0 Å². The van der Waals surface area contributed by atoms with Crippen LogP contribution in [0.4, 0.5) is 0 Å². The van der Waals surface area contributed by atoms with Gasteiger partial charge in [-0.15, -0.1) is 20.4 Å². The molecule has 1 unspecified atom stereocenters. The number of rotatable bonds is 7. The fourth-order valence-electron chi connectivity index (χ4n) is 3.29. The van der Waals surface area contributed by atoms with E-state index in [4.69, 9.17) is 16.0 Å². The Morgan fingerprint density at radius 2 is 1.90 bits per heavy atom. The number of nitrogens with zero attached hydrogens (tertiary/aromatic N) is 5. The first-order chi connectivity index (χ1) is 14.7. The van der Waals surface area contributed by atoms with E-state index in [0.717, 1.165) is 23.1 Å². The molecule has 1 aliphatic rings. The van der Waals surface area contributed by atoms with Crippen molar-refractivity contribution < 1.29 is 4.42 Å². The molecule has 0 aliphatic heterocycles. The van der Waals surface area contributed by atoms with E-state index in [2.05, 4.69) is 49.2 Å². The van der Waals surface area contributed by atoms with Gasteiger partial charge in [-0.3, -0.25) is 0 Å². The molecule has 5 rings (SSSR count). The van der Waals surface area contributed by atoms with Gasteiger partial charge in [-0.1, -0.05) is 59.8 Å². The van der Waals surface area contributed by atoms with Crippen LogP contribution in [-0.4, -0.2) is 25.0 Å². The zero-order valence-corrected chi connectivity index (χ0v) is 18.0. The zero-order valence-electron chi connectivity index (χ0n) is 16.4. The molecule has 1 atom stereocenters. The standard InChI is InChI=1S/C22H20ClN5OS/c1-14(20-25-26-21(29-20)17-8-5-9-18(23)12-17)30-22-27-24-19(16-10-11-16)28(22)13-15-6-3-2-4-7-15/h2-9,12,14,16H,10-11,13H2,1H3. The summed E-state index contributed by atoms with van der Waals surface area (Å²) in [4.78, 5) is 0. The number of thioether (sulfide) groups is 1. The van der Waals surface area contributed by atoms with Crippen molar-refractivity contribution in [2.24, 2.45) is 0 Å². The van der Waals surface area contributed by atoms with Crippen LogP contribution in [0.3, 0.4) is 0 Å². The number of hydrogen-bond donors (Lipinski definition) is 0. The maximum absolute atomic E-state index is 6.08.